The first-order valence-corrected chi connectivity index (χ1v) is 12.0. The van der Waals surface area contributed by atoms with Crippen LogP contribution in [0.4, 0.5) is 5.69 Å². The molecule has 2 aromatic carbocycles. The highest BCUT2D eigenvalue weighted by Crippen LogP contribution is 2.31. The monoisotopic (exact) mass is 468 g/mol. The van der Waals surface area contributed by atoms with Crippen molar-refractivity contribution in [3.8, 4) is 11.5 Å². The first-order chi connectivity index (χ1) is 14.5. The highest BCUT2D eigenvalue weighted by molar-refractivity contribution is 7.92. The number of nitrogens with one attached hydrogen (secondary N) is 1. The summed E-state index contributed by atoms with van der Waals surface area (Å²) < 4.78 is 37.1. The Morgan fingerprint density at radius 1 is 1.16 bits per heavy atom. The average Bonchev–Trinajstić information content (AvgIpc) is 2.72. The molecule has 0 saturated heterocycles. The van der Waals surface area contributed by atoms with E-state index in [1.807, 2.05) is 6.92 Å². The van der Waals surface area contributed by atoms with Crippen LogP contribution in [0, 0.1) is 6.92 Å². The Labute approximate surface area is 189 Å². The number of halogens is 1. The van der Waals surface area contributed by atoms with Crippen LogP contribution in [0.2, 0.25) is 5.02 Å². The topological polar surface area (TPSA) is 84.9 Å². The molecule has 0 heterocycles. The van der Waals surface area contributed by atoms with Crippen molar-refractivity contribution < 1.29 is 22.7 Å². The Morgan fingerprint density at radius 2 is 1.84 bits per heavy atom. The first-order valence-electron chi connectivity index (χ1n) is 9.81. The van der Waals surface area contributed by atoms with Crippen LogP contribution in [-0.4, -0.2) is 40.8 Å². The van der Waals surface area contributed by atoms with Gasteiger partial charge >= 0.3 is 0 Å². The number of benzene rings is 2. The molecule has 0 aliphatic heterocycles. The molecule has 0 spiro atoms. The van der Waals surface area contributed by atoms with Gasteiger partial charge in [-0.3, -0.25) is 9.10 Å². The molecular weight excluding hydrogens is 440 g/mol. The number of hydrogen-bond donors (Lipinski definition) is 1. The van der Waals surface area contributed by atoms with Gasteiger partial charge in [-0.1, -0.05) is 24.6 Å². The summed E-state index contributed by atoms with van der Waals surface area (Å²) in [5.41, 5.74) is 1.87. The van der Waals surface area contributed by atoms with Gasteiger partial charge in [0.1, 0.15) is 17.5 Å². The minimum atomic E-state index is -3.76. The van der Waals surface area contributed by atoms with Gasteiger partial charge in [-0.2, -0.15) is 0 Å². The third-order valence-corrected chi connectivity index (χ3v) is 6.59. The van der Waals surface area contributed by atoms with E-state index in [-0.39, 0.29) is 6.42 Å². The van der Waals surface area contributed by atoms with Gasteiger partial charge in [0.05, 0.1) is 32.2 Å². The number of rotatable bonds is 9. The van der Waals surface area contributed by atoms with Crippen molar-refractivity contribution in [1.29, 1.82) is 0 Å². The van der Waals surface area contributed by atoms with Crippen molar-refractivity contribution in [1.82, 2.24) is 5.32 Å². The maximum absolute atomic E-state index is 13.2. The fourth-order valence-electron chi connectivity index (χ4n) is 3.34. The van der Waals surface area contributed by atoms with E-state index in [1.54, 1.807) is 64.5 Å². The van der Waals surface area contributed by atoms with Crippen molar-refractivity contribution in [2.75, 3.05) is 24.8 Å². The molecule has 2 aromatic rings. The van der Waals surface area contributed by atoms with Crippen molar-refractivity contribution in [3.63, 3.8) is 0 Å². The summed E-state index contributed by atoms with van der Waals surface area (Å²) in [4.78, 5) is 13.2. The van der Waals surface area contributed by atoms with E-state index in [1.165, 1.54) is 0 Å². The van der Waals surface area contributed by atoms with Gasteiger partial charge in [-0.05, 0) is 56.2 Å². The number of nitrogens with zero attached hydrogens (tertiary/aromatic N) is 1. The van der Waals surface area contributed by atoms with E-state index >= 15 is 0 Å². The van der Waals surface area contributed by atoms with E-state index in [2.05, 4.69) is 5.32 Å². The lowest BCUT2D eigenvalue weighted by molar-refractivity contribution is -0.122. The summed E-state index contributed by atoms with van der Waals surface area (Å²) >= 11 is 6.21. The smallest absolute Gasteiger partial charge is 0.244 e. The fourth-order valence-corrected chi connectivity index (χ4v) is 4.72. The van der Waals surface area contributed by atoms with Gasteiger partial charge in [-0.15, -0.1) is 0 Å². The molecule has 7 nitrogen and oxygen atoms in total. The summed E-state index contributed by atoms with van der Waals surface area (Å²) in [5.74, 6) is 0.782. The van der Waals surface area contributed by atoms with Crippen LogP contribution in [0.25, 0.3) is 0 Å². The molecule has 0 radical (unpaired) electrons. The van der Waals surface area contributed by atoms with Crippen LogP contribution >= 0.6 is 11.6 Å². The van der Waals surface area contributed by atoms with Gasteiger partial charge in [0.2, 0.25) is 15.9 Å². The molecule has 9 heteroatoms. The Balaban J connectivity index is 2.39. The second-order valence-electron chi connectivity index (χ2n) is 7.25. The van der Waals surface area contributed by atoms with Crippen LogP contribution in [0.5, 0.6) is 11.5 Å². The number of amides is 1. The summed E-state index contributed by atoms with van der Waals surface area (Å²) in [7, 11) is -0.662. The minimum absolute atomic E-state index is 0.270. The van der Waals surface area contributed by atoms with E-state index in [4.69, 9.17) is 21.1 Å². The lowest BCUT2D eigenvalue weighted by Gasteiger charge is -2.31. The van der Waals surface area contributed by atoms with Gasteiger partial charge in [0.15, 0.2) is 0 Å². The number of methoxy groups -OCH3 is 2. The molecule has 0 saturated carbocycles. The van der Waals surface area contributed by atoms with Gasteiger partial charge < -0.3 is 14.8 Å². The van der Waals surface area contributed by atoms with E-state index in [0.717, 1.165) is 16.1 Å². The van der Waals surface area contributed by atoms with Crippen LogP contribution in [-0.2, 0) is 14.8 Å². The Morgan fingerprint density at radius 3 is 2.35 bits per heavy atom. The summed E-state index contributed by atoms with van der Waals surface area (Å²) in [6, 6.07) is 8.82. The van der Waals surface area contributed by atoms with Crippen LogP contribution in [0.1, 0.15) is 37.4 Å². The lowest BCUT2D eigenvalue weighted by Crippen LogP contribution is -2.49. The summed E-state index contributed by atoms with van der Waals surface area (Å²) in [6.45, 7) is 5.38. The first kappa shape index (κ1) is 24.8. The molecule has 1 N–H and O–H groups in total. The van der Waals surface area contributed by atoms with Gasteiger partial charge in [0.25, 0.3) is 0 Å². The highest BCUT2D eigenvalue weighted by atomic mass is 35.5. The molecule has 2 atom stereocenters. The predicted octanol–water partition coefficient (Wildman–Crippen LogP) is 4.09. The number of sulfonamides is 1. The van der Waals surface area contributed by atoms with Crippen LogP contribution in [0.3, 0.4) is 0 Å². The third kappa shape index (κ3) is 5.83. The molecule has 0 aliphatic carbocycles. The third-order valence-electron chi connectivity index (χ3n) is 5.00. The number of carbonyl (C=O) groups excluding carboxylic acids is 1. The van der Waals surface area contributed by atoms with E-state index in [9.17, 15) is 13.2 Å². The lowest BCUT2D eigenvalue weighted by atomic mass is 10.1. The second kappa shape index (κ2) is 10.2. The molecule has 0 bridgehead atoms. The zero-order chi connectivity index (χ0) is 23.3. The Kier molecular flexibility index (Phi) is 8.20. The number of hydrogen-bond acceptors (Lipinski definition) is 5. The minimum Gasteiger partial charge on any atom is -0.497 e. The largest absolute Gasteiger partial charge is 0.497 e. The number of ether oxygens (including phenoxy) is 2. The quantitative estimate of drug-likeness (QED) is 0.599. The fraction of sp³-hybridized carbons (Fsp3) is 0.409. The molecule has 0 aliphatic rings. The molecule has 31 heavy (non-hydrogen) atoms. The van der Waals surface area contributed by atoms with Crippen molar-refractivity contribution in [2.45, 2.75) is 39.3 Å². The zero-order valence-electron chi connectivity index (χ0n) is 18.6. The maximum Gasteiger partial charge on any atom is 0.244 e. The van der Waals surface area contributed by atoms with Crippen molar-refractivity contribution in [3.05, 3.63) is 52.5 Å². The summed E-state index contributed by atoms with van der Waals surface area (Å²) in [5, 5.41) is 3.33. The van der Waals surface area contributed by atoms with Crippen LogP contribution in [0.15, 0.2) is 36.4 Å². The maximum atomic E-state index is 13.2. The van der Waals surface area contributed by atoms with E-state index < -0.39 is 28.0 Å². The second-order valence-corrected chi connectivity index (χ2v) is 9.52. The standard InChI is InChI=1S/C22H29ClN2O5S/c1-7-20(25(31(6,27)28)16-9-8-14(2)19(23)12-16)22(26)24-15(3)18-13-17(29-4)10-11-21(18)30-5/h8-13,15,20H,7H2,1-6H3,(H,24,26)/t15-,20-/m1/s1. The van der Waals surface area contributed by atoms with E-state index in [0.29, 0.717) is 27.8 Å². The predicted molar refractivity (Wildman–Crippen MR) is 124 cm³/mol. The molecule has 0 aromatic heterocycles. The summed E-state index contributed by atoms with van der Waals surface area (Å²) in [6.07, 6.45) is 1.34. The molecule has 0 fully saturated rings. The molecular formula is C22H29ClN2O5S. The number of anilines is 1. The SMILES string of the molecule is CC[C@H](C(=O)N[C@H](C)c1cc(OC)ccc1OC)N(c1ccc(C)c(Cl)c1)S(C)(=O)=O. The number of aryl methyl sites for hydroxylation is 1. The van der Waals surface area contributed by atoms with Crippen molar-refractivity contribution >= 4 is 33.2 Å². The number of carbonyl (C=O) groups is 1. The van der Waals surface area contributed by atoms with Gasteiger partial charge in [-0.25, -0.2) is 8.42 Å². The normalized spacial score (nSPS) is 13.3. The molecule has 2 rings (SSSR count). The van der Waals surface area contributed by atoms with Gasteiger partial charge in [0, 0.05) is 10.6 Å². The molecule has 0 unspecified atom stereocenters. The Hall–Kier alpha value is -2.45. The Bertz CT molecular complexity index is 1040. The van der Waals surface area contributed by atoms with Crippen LogP contribution < -0.4 is 19.1 Å². The van der Waals surface area contributed by atoms with Crippen molar-refractivity contribution in [2.24, 2.45) is 0 Å². The molecule has 1 amide bonds. The highest BCUT2D eigenvalue weighted by Gasteiger charge is 2.32. The molecule has 170 valence electrons. The zero-order valence-corrected chi connectivity index (χ0v) is 20.2. The average molecular weight is 469 g/mol.